The molecule has 0 amide bonds. The van der Waals surface area contributed by atoms with Crippen molar-refractivity contribution in [2.24, 2.45) is 0 Å². The lowest BCUT2D eigenvalue weighted by atomic mass is 10.0. The number of fused-ring (bicyclic) bond motifs is 1. The molecular weight excluding hydrogens is 258 g/mol. The Morgan fingerprint density at radius 2 is 1.62 bits per heavy atom. The molecule has 3 rings (SSSR count). The first kappa shape index (κ1) is 13.9. The van der Waals surface area contributed by atoms with Crippen LogP contribution in [0.1, 0.15) is 42.8 Å². The highest BCUT2D eigenvalue weighted by Crippen LogP contribution is 2.26. The lowest BCUT2D eigenvalue weighted by molar-refractivity contribution is 0.416. The van der Waals surface area contributed by atoms with Crippen LogP contribution in [0, 0.1) is 6.92 Å². The largest absolute Gasteiger partial charge is 0.459 e. The molecule has 0 aliphatic rings. The average molecular weight is 279 g/mol. The van der Waals surface area contributed by atoms with Gasteiger partial charge in [-0.15, -0.1) is 0 Å². The molecule has 3 aromatic rings. The van der Waals surface area contributed by atoms with Crippen LogP contribution in [0.5, 0.6) is 0 Å². The Morgan fingerprint density at radius 1 is 0.905 bits per heavy atom. The standard InChI is InChI=1S/C19H21NO/c1-13-8-4-6-10-17(13)14(2)20-15(3)19-12-16-9-5-7-11-18(16)21-19/h4-12,14-15,20H,1-3H3/t14-,15?/m1/s1. The summed E-state index contributed by atoms with van der Waals surface area (Å²) in [6, 6.07) is 19.2. The van der Waals surface area contributed by atoms with E-state index in [1.165, 1.54) is 11.1 Å². The molecule has 0 spiro atoms. The second-order valence-corrected chi connectivity index (χ2v) is 5.65. The lowest BCUT2D eigenvalue weighted by Gasteiger charge is -2.20. The van der Waals surface area contributed by atoms with E-state index in [9.17, 15) is 0 Å². The Labute approximate surface area is 125 Å². The van der Waals surface area contributed by atoms with Crippen LogP contribution >= 0.6 is 0 Å². The molecule has 1 unspecified atom stereocenters. The molecule has 0 saturated heterocycles. The van der Waals surface area contributed by atoms with Crippen molar-refractivity contribution in [3.05, 3.63) is 71.5 Å². The van der Waals surface area contributed by atoms with Gasteiger partial charge < -0.3 is 9.73 Å². The zero-order chi connectivity index (χ0) is 14.8. The number of nitrogens with one attached hydrogen (secondary N) is 1. The summed E-state index contributed by atoms with van der Waals surface area (Å²) in [7, 11) is 0. The van der Waals surface area contributed by atoms with Crippen LogP contribution in [0.15, 0.2) is 59.0 Å². The third kappa shape index (κ3) is 2.86. The highest BCUT2D eigenvalue weighted by atomic mass is 16.3. The van der Waals surface area contributed by atoms with Gasteiger partial charge in [0.1, 0.15) is 11.3 Å². The summed E-state index contributed by atoms with van der Waals surface area (Å²) >= 11 is 0. The molecule has 0 aliphatic carbocycles. The fourth-order valence-electron chi connectivity index (χ4n) is 2.84. The zero-order valence-corrected chi connectivity index (χ0v) is 12.8. The maximum atomic E-state index is 5.93. The van der Waals surface area contributed by atoms with Gasteiger partial charge in [-0.3, -0.25) is 0 Å². The molecule has 108 valence electrons. The van der Waals surface area contributed by atoms with Crippen LogP contribution < -0.4 is 5.32 Å². The van der Waals surface area contributed by atoms with Gasteiger partial charge in [0, 0.05) is 11.4 Å². The molecule has 21 heavy (non-hydrogen) atoms. The SMILES string of the molecule is Cc1ccccc1[C@@H](C)NC(C)c1cc2ccccc2o1. The monoisotopic (exact) mass is 279 g/mol. The number of hydrogen-bond acceptors (Lipinski definition) is 2. The van der Waals surface area contributed by atoms with Crippen molar-refractivity contribution in [1.82, 2.24) is 5.32 Å². The Morgan fingerprint density at radius 3 is 2.38 bits per heavy atom. The number of para-hydroxylation sites is 1. The molecule has 0 aliphatic heterocycles. The molecule has 2 atom stereocenters. The van der Waals surface area contributed by atoms with Gasteiger partial charge in [-0.05, 0) is 44.0 Å². The van der Waals surface area contributed by atoms with Crippen molar-refractivity contribution >= 4 is 11.0 Å². The Hall–Kier alpha value is -2.06. The third-order valence-electron chi connectivity index (χ3n) is 4.03. The van der Waals surface area contributed by atoms with Crippen LogP contribution in [0.25, 0.3) is 11.0 Å². The second kappa shape index (κ2) is 5.74. The summed E-state index contributed by atoms with van der Waals surface area (Å²) in [6.07, 6.45) is 0. The van der Waals surface area contributed by atoms with E-state index in [4.69, 9.17) is 4.42 Å². The van der Waals surface area contributed by atoms with E-state index in [1.54, 1.807) is 0 Å². The molecule has 0 saturated carbocycles. The van der Waals surface area contributed by atoms with Gasteiger partial charge in [-0.25, -0.2) is 0 Å². The smallest absolute Gasteiger partial charge is 0.134 e. The van der Waals surface area contributed by atoms with E-state index in [1.807, 2.05) is 18.2 Å². The van der Waals surface area contributed by atoms with E-state index in [-0.39, 0.29) is 12.1 Å². The molecule has 2 nitrogen and oxygen atoms in total. The number of furan rings is 1. The average Bonchev–Trinajstić information content (AvgIpc) is 2.91. The summed E-state index contributed by atoms with van der Waals surface area (Å²) in [5, 5.41) is 4.78. The highest BCUT2D eigenvalue weighted by molar-refractivity contribution is 5.77. The van der Waals surface area contributed by atoms with Crippen LogP contribution in [-0.4, -0.2) is 0 Å². The fourth-order valence-corrected chi connectivity index (χ4v) is 2.84. The second-order valence-electron chi connectivity index (χ2n) is 5.65. The van der Waals surface area contributed by atoms with E-state index in [2.05, 4.69) is 62.5 Å². The molecule has 2 heteroatoms. The van der Waals surface area contributed by atoms with Gasteiger partial charge in [0.15, 0.2) is 0 Å². The fraction of sp³-hybridized carbons (Fsp3) is 0.263. The van der Waals surface area contributed by atoms with E-state index in [0.29, 0.717) is 0 Å². The Kier molecular flexibility index (Phi) is 3.80. The molecule has 0 fully saturated rings. The first-order valence-electron chi connectivity index (χ1n) is 7.45. The van der Waals surface area contributed by atoms with Crippen molar-refractivity contribution in [3.8, 4) is 0 Å². The normalized spacial score (nSPS) is 14.2. The van der Waals surface area contributed by atoms with Crippen molar-refractivity contribution in [3.63, 3.8) is 0 Å². The summed E-state index contributed by atoms with van der Waals surface area (Å²) in [5.41, 5.74) is 3.60. The number of rotatable bonds is 4. The Balaban J connectivity index is 1.79. The number of benzene rings is 2. The highest BCUT2D eigenvalue weighted by Gasteiger charge is 2.15. The first-order valence-corrected chi connectivity index (χ1v) is 7.45. The number of aryl methyl sites for hydroxylation is 1. The third-order valence-corrected chi connectivity index (χ3v) is 4.03. The minimum absolute atomic E-state index is 0.173. The summed E-state index contributed by atoms with van der Waals surface area (Å²) in [4.78, 5) is 0. The van der Waals surface area contributed by atoms with Crippen molar-refractivity contribution in [2.45, 2.75) is 32.9 Å². The summed E-state index contributed by atoms with van der Waals surface area (Å²) < 4.78 is 5.93. The molecule has 1 aromatic heterocycles. The van der Waals surface area contributed by atoms with Crippen molar-refractivity contribution in [1.29, 1.82) is 0 Å². The Bertz CT molecular complexity index is 711. The maximum absolute atomic E-state index is 5.93. The zero-order valence-electron chi connectivity index (χ0n) is 12.8. The van der Waals surface area contributed by atoms with Gasteiger partial charge in [-0.2, -0.15) is 0 Å². The summed E-state index contributed by atoms with van der Waals surface area (Å²) in [5.74, 6) is 0.983. The van der Waals surface area contributed by atoms with Crippen LogP contribution in [0.2, 0.25) is 0 Å². The minimum Gasteiger partial charge on any atom is -0.459 e. The topological polar surface area (TPSA) is 25.2 Å². The van der Waals surface area contributed by atoms with Gasteiger partial charge >= 0.3 is 0 Å². The predicted molar refractivity (Wildman–Crippen MR) is 87.4 cm³/mol. The maximum Gasteiger partial charge on any atom is 0.134 e. The summed E-state index contributed by atoms with van der Waals surface area (Å²) in [6.45, 7) is 6.49. The predicted octanol–water partition coefficient (Wildman–Crippen LogP) is 5.15. The van der Waals surface area contributed by atoms with Crippen molar-refractivity contribution < 1.29 is 4.42 Å². The lowest BCUT2D eigenvalue weighted by Crippen LogP contribution is -2.22. The van der Waals surface area contributed by atoms with E-state index >= 15 is 0 Å². The van der Waals surface area contributed by atoms with Crippen LogP contribution in [-0.2, 0) is 0 Å². The minimum atomic E-state index is 0.173. The molecule has 2 aromatic carbocycles. The van der Waals surface area contributed by atoms with E-state index in [0.717, 1.165) is 16.7 Å². The number of hydrogen-bond donors (Lipinski definition) is 1. The van der Waals surface area contributed by atoms with Gasteiger partial charge in [0.25, 0.3) is 0 Å². The van der Waals surface area contributed by atoms with Crippen LogP contribution in [0.4, 0.5) is 0 Å². The molecule has 0 bridgehead atoms. The first-order chi connectivity index (χ1) is 10.1. The van der Waals surface area contributed by atoms with Gasteiger partial charge in [0.2, 0.25) is 0 Å². The molecule has 0 radical (unpaired) electrons. The van der Waals surface area contributed by atoms with Crippen LogP contribution in [0.3, 0.4) is 0 Å². The molecule has 1 N–H and O–H groups in total. The van der Waals surface area contributed by atoms with Gasteiger partial charge in [-0.1, -0.05) is 42.5 Å². The molecule has 1 heterocycles. The van der Waals surface area contributed by atoms with Crippen molar-refractivity contribution in [2.75, 3.05) is 0 Å². The quantitative estimate of drug-likeness (QED) is 0.714. The van der Waals surface area contributed by atoms with E-state index < -0.39 is 0 Å². The van der Waals surface area contributed by atoms with Gasteiger partial charge in [0.05, 0.1) is 6.04 Å². The molecular formula is C19H21NO.